The van der Waals surface area contributed by atoms with Crippen LogP contribution in [0.15, 0.2) is 168 Å². The Balaban J connectivity index is 1.71. The van der Waals surface area contributed by atoms with Crippen molar-refractivity contribution in [2.75, 3.05) is 0 Å². The molecule has 0 aliphatic heterocycles. The van der Waals surface area contributed by atoms with Gasteiger partial charge in [-0.15, -0.1) is 5.11 Å². The van der Waals surface area contributed by atoms with Gasteiger partial charge < -0.3 is 0 Å². The predicted octanol–water partition coefficient (Wildman–Crippen LogP) is 11.6. The highest BCUT2D eigenvalue weighted by Gasteiger charge is 2.26. The molecule has 0 aliphatic carbocycles. The minimum Gasteiger partial charge on any atom is -0.206 e. The Kier molecular flexibility index (Phi) is 8.70. The lowest BCUT2D eigenvalue weighted by atomic mass is 9.87. The van der Waals surface area contributed by atoms with E-state index in [1.54, 1.807) is 12.1 Å². The van der Waals surface area contributed by atoms with Crippen LogP contribution in [0.5, 0.6) is 0 Å². The van der Waals surface area contributed by atoms with Gasteiger partial charge in [0.15, 0.2) is 0 Å². The van der Waals surface area contributed by atoms with Crippen molar-refractivity contribution >= 4 is 34.7 Å². The Bertz CT molecular complexity index is 1820. The molecule has 0 N–H and O–H groups in total. The molecule has 2 nitrogen and oxygen atoms in total. The van der Waals surface area contributed by atoms with E-state index in [0.29, 0.717) is 16.8 Å². The second-order valence-corrected chi connectivity index (χ2v) is 10.1. The Morgan fingerprint density at radius 2 is 0.795 bits per heavy atom. The summed E-state index contributed by atoms with van der Waals surface area (Å²) in [4.78, 5) is 0. The van der Waals surface area contributed by atoms with Gasteiger partial charge in [0.25, 0.3) is 0 Å². The van der Waals surface area contributed by atoms with Gasteiger partial charge in [0, 0.05) is 17.2 Å². The molecule has 0 saturated carbocycles. The lowest BCUT2D eigenvalue weighted by molar-refractivity contribution is 0.579. The van der Waals surface area contributed by atoms with Gasteiger partial charge in [0.1, 0.15) is 17.3 Å². The minimum absolute atomic E-state index is 0.100. The van der Waals surface area contributed by atoms with Gasteiger partial charge in [0.2, 0.25) is 0 Å². The molecule has 0 spiro atoms. The standard InChI is InChI=1S/C40H28F2N2/c41-36-28-37(42)39(35(32-22-12-4-13-23-32)27-30-18-8-2-9-19-30)40(44-43-33-24-14-5-15-25-33)38(36)34(31-20-10-3-11-21-31)26-29-16-6-1-7-17-29/h1-28H/b34-26-,35-27-,44-43?. The number of hydrogen-bond donors (Lipinski definition) is 0. The maximum absolute atomic E-state index is 16.3. The Morgan fingerprint density at radius 3 is 1.20 bits per heavy atom. The third kappa shape index (κ3) is 6.50. The first-order valence-corrected chi connectivity index (χ1v) is 14.3. The molecule has 0 heterocycles. The van der Waals surface area contributed by atoms with E-state index in [0.717, 1.165) is 28.3 Å². The van der Waals surface area contributed by atoms with Gasteiger partial charge in [-0.2, -0.15) is 5.11 Å². The van der Waals surface area contributed by atoms with E-state index in [2.05, 4.69) is 10.2 Å². The molecule has 0 amide bonds. The molecular weight excluding hydrogens is 546 g/mol. The molecule has 4 heteroatoms. The van der Waals surface area contributed by atoms with Crippen molar-refractivity contribution in [2.24, 2.45) is 10.2 Å². The van der Waals surface area contributed by atoms with Crippen LogP contribution >= 0.6 is 0 Å². The Morgan fingerprint density at radius 1 is 0.432 bits per heavy atom. The van der Waals surface area contributed by atoms with Gasteiger partial charge in [-0.25, -0.2) is 8.78 Å². The summed E-state index contributed by atoms with van der Waals surface area (Å²) in [6.07, 6.45) is 3.81. The monoisotopic (exact) mass is 574 g/mol. The average molecular weight is 575 g/mol. The van der Waals surface area contributed by atoms with Gasteiger partial charge in [0.05, 0.1) is 5.69 Å². The highest BCUT2D eigenvalue weighted by molar-refractivity contribution is 6.01. The molecular formula is C40H28F2N2. The molecule has 0 bridgehead atoms. The zero-order chi connectivity index (χ0) is 30.1. The molecule has 0 saturated heterocycles. The second-order valence-electron chi connectivity index (χ2n) is 10.1. The van der Waals surface area contributed by atoms with Crippen LogP contribution in [0.2, 0.25) is 0 Å². The third-order valence-electron chi connectivity index (χ3n) is 7.16. The first-order chi connectivity index (χ1) is 21.7. The highest BCUT2D eigenvalue weighted by atomic mass is 19.1. The number of halogens is 2. The first kappa shape index (κ1) is 28.4. The zero-order valence-electron chi connectivity index (χ0n) is 23.8. The van der Waals surface area contributed by atoms with Crippen LogP contribution in [0, 0.1) is 11.6 Å². The van der Waals surface area contributed by atoms with Crippen molar-refractivity contribution < 1.29 is 8.78 Å². The number of benzene rings is 6. The summed E-state index contributed by atoms with van der Waals surface area (Å²) in [6.45, 7) is 0. The highest BCUT2D eigenvalue weighted by Crippen LogP contribution is 2.44. The summed E-state index contributed by atoms with van der Waals surface area (Å²) >= 11 is 0. The molecule has 6 aromatic carbocycles. The van der Waals surface area contributed by atoms with Crippen LogP contribution in [-0.4, -0.2) is 0 Å². The van der Waals surface area contributed by atoms with E-state index in [9.17, 15) is 0 Å². The maximum atomic E-state index is 16.3. The van der Waals surface area contributed by atoms with Crippen LogP contribution in [-0.2, 0) is 0 Å². The number of hydrogen-bond acceptors (Lipinski definition) is 2. The third-order valence-corrected chi connectivity index (χ3v) is 7.16. The van der Waals surface area contributed by atoms with Gasteiger partial charge in [-0.05, 0) is 57.7 Å². The number of nitrogens with zero attached hydrogens (tertiary/aromatic N) is 2. The van der Waals surface area contributed by atoms with Crippen LogP contribution in [0.1, 0.15) is 33.4 Å². The smallest absolute Gasteiger partial charge is 0.136 e. The maximum Gasteiger partial charge on any atom is 0.136 e. The fourth-order valence-electron chi connectivity index (χ4n) is 5.09. The SMILES string of the molecule is Fc1cc(F)c(/C(=C\c2ccccc2)c2ccccc2)c(N=Nc2ccccc2)c1/C(=C\c1ccccc1)c1ccccc1. The summed E-state index contributed by atoms with van der Waals surface area (Å²) in [7, 11) is 0. The summed E-state index contributed by atoms with van der Waals surface area (Å²) in [5.74, 6) is -1.46. The normalized spacial score (nSPS) is 12.0. The summed E-state index contributed by atoms with van der Waals surface area (Å²) in [5.41, 5.74) is 5.36. The summed E-state index contributed by atoms with van der Waals surface area (Å²) in [6, 6.07) is 48.5. The van der Waals surface area contributed by atoms with E-state index in [1.807, 2.05) is 152 Å². The van der Waals surface area contributed by atoms with E-state index in [4.69, 9.17) is 0 Å². The molecule has 0 fully saturated rings. The molecule has 6 aromatic rings. The molecule has 0 aromatic heterocycles. The Hall–Kier alpha value is -5.74. The largest absolute Gasteiger partial charge is 0.206 e. The van der Waals surface area contributed by atoms with Crippen LogP contribution in [0.25, 0.3) is 23.3 Å². The van der Waals surface area contributed by atoms with E-state index < -0.39 is 11.6 Å². The van der Waals surface area contributed by atoms with Crippen LogP contribution < -0.4 is 0 Å². The van der Waals surface area contributed by atoms with E-state index in [1.165, 1.54) is 0 Å². The molecule has 0 atom stereocenters. The Labute approximate surface area is 256 Å². The molecule has 212 valence electrons. The molecule has 0 aliphatic rings. The first-order valence-electron chi connectivity index (χ1n) is 14.3. The lowest BCUT2D eigenvalue weighted by Gasteiger charge is -2.19. The topological polar surface area (TPSA) is 24.7 Å². The second kappa shape index (κ2) is 13.5. The molecule has 0 unspecified atom stereocenters. The summed E-state index contributed by atoms with van der Waals surface area (Å²) in [5, 5.41) is 9.12. The van der Waals surface area contributed by atoms with E-state index in [-0.39, 0.29) is 16.8 Å². The van der Waals surface area contributed by atoms with Crippen molar-refractivity contribution in [3.63, 3.8) is 0 Å². The molecule has 6 rings (SSSR count). The van der Waals surface area contributed by atoms with Crippen molar-refractivity contribution in [2.45, 2.75) is 0 Å². The lowest BCUT2D eigenvalue weighted by Crippen LogP contribution is -2.02. The summed E-state index contributed by atoms with van der Waals surface area (Å²) < 4.78 is 32.7. The van der Waals surface area contributed by atoms with Gasteiger partial charge >= 0.3 is 0 Å². The van der Waals surface area contributed by atoms with Gasteiger partial charge in [-0.1, -0.05) is 140 Å². The average Bonchev–Trinajstić information content (AvgIpc) is 3.08. The van der Waals surface area contributed by atoms with Crippen LogP contribution in [0.3, 0.4) is 0 Å². The van der Waals surface area contributed by atoms with Crippen molar-refractivity contribution in [1.29, 1.82) is 0 Å². The number of rotatable bonds is 8. The predicted molar refractivity (Wildman–Crippen MR) is 177 cm³/mol. The fourth-order valence-corrected chi connectivity index (χ4v) is 5.09. The van der Waals surface area contributed by atoms with Crippen molar-refractivity contribution in [1.82, 2.24) is 0 Å². The molecule has 44 heavy (non-hydrogen) atoms. The van der Waals surface area contributed by atoms with Crippen molar-refractivity contribution in [3.8, 4) is 0 Å². The van der Waals surface area contributed by atoms with Crippen molar-refractivity contribution in [3.05, 3.63) is 203 Å². The van der Waals surface area contributed by atoms with Crippen LogP contribution in [0.4, 0.5) is 20.2 Å². The quantitative estimate of drug-likeness (QED) is 0.128. The minimum atomic E-state index is -0.730. The number of azo groups is 1. The van der Waals surface area contributed by atoms with Gasteiger partial charge in [-0.3, -0.25) is 0 Å². The molecule has 0 radical (unpaired) electrons. The zero-order valence-corrected chi connectivity index (χ0v) is 23.8. The fraction of sp³-hybridized carbons (Fsp3) is 0. The van der Waals surface area contributed by atoms with E-state index >= 15 is 8.78 Å².